The predicted molar refractivity (Wildman–Crippen MR) is 74.5 cm³/mol. The van der Waals surface area contributed by atoms with Crippen molar-refractivity contribution in [3.8, 4) is 11.4 Å². The first-order valence-corrected chi connectivity index (χ1v) is 8.32. The summed E-state index contributed by atoms with van der Waals surface area (Å²) in [4.78, 5) is 0. The number of sulfone groups is 1. The van der Waals surface area contributed by atoms with Gasteiger partial charge in [0.15, 0.2) is 15.7 Å². The van der Waals surface area contributed by atoms with Crippen LogP contribution in [-0.4, -0.2) is 40.1 Å². The number of nitrogens with zero attached hydrogens (tertiary/aromatic N) is 4. The van der Waals surface area contributed by atoms with Gasteiger partial charge in [0.1, 0.15) is 5.82 Å². The number of rotatable bonds is 2. The van der Waals surface area contributed by atoms with E-state index in [0.29, 0.717) is 24.1 Å². The maximum atomic E-state index is 13.4. The van der Waals surface area contributed by atoms with Gasteiger partial charge in [0.05, 0.1) is 17.5 Å². The second kappa shape index (κ2) is 5.06. The van der Waals surface area contributed by atoms with Crippen LogP contribution in [-0.2, 0) is 9.84 Å². The quantitative estimate of drug-likeness (QED) is 0.823. The van der Waals surface area contributed by atoms with E-state index in [4.69, 9.17) is 5.73 Å². The van der Waals surface area contributed by atoms with Crippen molar-refractivity contribution in [2.24, 2.45) is 0 Å². The molecule has 3 rings (SSSR count). The SMILES string of the molecule is Nc1ccc(F)cc1-c1nnnn1C1CCCS(=O)(=O)C1. The second-order valence-corrected chi connectivity index (χ2v) is 7.32. The monoisotopic (exact) mass is 311 g/mol. The van der Waals surface area contributed by atoms with Crippen LogP contribution in [0.15, 0.2) is 18.2 Å². The van der Waals surface area contributed by atoms with Gasteiger partial charge in [0.2, 0.25) is 0 Å². The Morgan fingerprint density at radius 3 is 2.95 bits per heavy atom. The van der Waals surface area contributed by atoms with Gasteiger partial charge < -0.3 is 5.73 Å². The Bertz CT molecular complexity index is 774. The highest BCUT2D eigenvalue weighted by molar-refractivity contribution is 7.91. The smallest absolute Gasteiger partial charge is 0.184 e. The lowest BCUT2D eigenvalue weighted by molar-refractivity contribution is 0.429. The molecule has 1 fully saturated rings. The van der Waals surface area contributed by atoms with Gasteiger partial charge in [-0.2, -0.15) is 0 Å². The molecule has 0 spiro atoms. The molecular formula is C12H14FN5O2S. The highest BCUT2D eigenvalue weighted by Crippen LogP contribution is 2.29. The van der Waals surface area contributed by atoms with Crippen LogP contribution >= 0.6 is 0 Å². The summed E-state index contributed by atoms with van der Waals surface area (Å²) in [5.41, 5.74) is 6.54. The molecule has 1 unspecified atom stereocenters. The molecule has 7 nitrogen and oxygen atoms in total. The molecule has 1 aliphatic rings. The minimum Gasteiger partial charge on any atom is -0.398 e. The average Bonchev–Trinajstić information content (AvgIpc) is 2.89. The van der Waals surface area contributed by atoms with E-state index in [1.807, 2.05) is 0 Å². The molecule has 9 heteroatoms. The molecule has 2 aromatic rings. The summed E-state index contributed by atoms with van der Waals surface area (Å²) in [5, 5.41) is 11.3. The van der Waals surface area contributed by atoms with Gasteiger partial charge in [-0.15, -0.1) is 5.10 Å². The summed E-state index contributed by atoms with van der Waals surface area (Å²) >= 11 is 0. The minimum absolute atomic E-state index is 0.0136. The van der Waals surface area contributed by atoms with Gasteiger partial charge in [-0.05, 0) is 41.5 Å². The highest BCUT2D eigenvalue weighted by atomic mass is 32.2. The Balaban J connectivity index is 2.03. The van der Waals surface area contributed by atoms with E-state index < -0.39 is 15.7 Å². The zero-order chi connectivity index (χ0) is 15.0. The standard InChI is InChI=1S/C12H14FN5O2S/c13-8-3-4-11(14)10(6-8)12-15-16-17-18(12)9-2-1-5-21(19,20)7-9/h3-4,6,9H,1-2,5,7,14H2. The summed E-state index contributed by atoms with van der Waals surface area (Å²) in [6.07, 6.45) is 1.22. The molecule has 21 heavy (non-hydrogen) atoms. The third-order valence-electron chi connectivity index (χ3n) is 3.53. The summed E-state index contributed by atoms with van der Waals surface area (Å²) in [5.74, 6) is 0.00248. The van der Waals surface area contributed by atoms with Crippen LogP contribution in [0.3, 0.4) is 0 Å². The lowest BCUT2D eigenvalue weighted by Gasteiger charge is -2.22. The zero-order valence-corrected chi connectivity index (χ0v) is 11.9. The Hall–Kier alpha value is -2.03. The van der Waals surface area contributed by atoms with E-state index in [1.165, 1.54) is 22.9 Å². The van der Waals surface area contributed by atoms with E-state index in [0.717, 1.165) is 0 Å². The topological polar surface area (TPSA) is 104 Å². The first-order valence-electron chi connectivity index (χ1n) is 6.50. The Morgan fingerprint density at radius 1 is 1.38 bits per heavy atom. The van der Waals surface area contributed by atoms with Crippen LogP contribution in [0.2, 0.25) is 0 Å². The van der Waals surface area contributed by atoms with Crippen molar-refractivity contribution in [2.75, 3.05) is 17.2 Å². The Kier molecular flexibility index (Phi) is 3.36. The highest BCUT2D eigenvalue weighted by Gasteiger charge is 2.29. The lowest BCUT2D eigenvalue weighted by atomic mass is 10.1. The minimum atomic E-state index is -3.10. The normalized spacial score (nSPS) is 21.3. The fourth-order valence-corrected chi connectivity index (χ4v) is 4.20. The van der Waals surface area contributed by atoms with Crippen molar-refractivity contribution in [3.05, 3.63) is 24.0 Å². The molecule has 0 aliphatic carbocycles. The first-order chi connectivity index (χ1) is 9.96. The molecule has 1 aromatic heterocycles. The molecule has 1 aliphatic heterocycles. The average molecular weight is 311 g/mol. The maximum absolute atomic E-state index is 13.4. The van der Waals surface area contributed by atoms with Crippen LogP contribution in [0.25, 0.3) is 11.4 Å². The van der Waals surface area contributed by atoms with E-state index in [1.54, 1.807) is 0 Å². The molecule has 2 N–H and O–H groups in total. The van der Waals surface area contributed by atoms with Crippen molar-refractivity contribution in [1.82, 2.24) is 20.2 Å². The van der Waals surface area contributed by atoms with Gasteiger partial charge in [0.25, 0.3) is 0 Å². The number of tetrazole rings is 1. The van der Waals surface area contributed by atoms with Crippen molar-refractivity contribution in [1.29, 1.82) is 0 Å². The molecule has 0 saturated carbocycles. The molecule has 1 atom stereocenters. The van der Waals surface area contributed by atoms with E-state index >= 15 is 0 Å². The molecule has 1 aromatic carbocycles. The van der Waals surface area contributed by atoms with Crippen LogP contribution in [0.1, 0.15) is 18.9 Å². The maximum Gasteiger partial charge on any atom is 0.184 e. The van der Waals surface area contributed by atoms with Gasteiger partial charge in [-0.1, -0.05) is 0 Å². The van der Waals surface area contributed by atoms with E-state index in [2.05, 4.69) is 15.5 Å². The molecule has 112 valence electrons. The van der Waals surface area contributed by atoms with Crippen molar-refractivity contribution in [2.45, 2.75) is 18.9 Å². The molecule has 1 saturated heterocycles. The Morgan fingerprint density at radius 2 is 2.19 bits per heavy atom. The summed E-state index contributed by atoms with van der Waals surface area (Å²) < 4.78 is 38.4. The molecule has 2 heterocycles. The first kappa shape index (κ1) is 13.9. The van der Waals surface area contributed by atoms with Gasteiger partial charge in [-0.3, -0.25) is 0 Å². The van der Waals surface area contributed by atoms with Crippen LogP contribution in [0.5, 0.6) is 0 Å². The number of aromatic nitrogens is 4. The number of halogens is 1. The van der Waals surface area contributed by atoms with Crippen molar-refractivity contribution >= 4 is 15.5 Å². The van der Waals surface area contributed by atoms with Gasteiger partial charge in [-0.25, -0.2) is 17.5 Å². The van der Waals surface area contributed by atoms with Crippen LogP contribution in [0.4, 0.5) is 10.1 Å². The van der Waals surface area contributed by atoms with E-state index in [9.17, 15) is 12.8 Å². The predicted octanol–water partition coefficient (Wildman–Crippen LogP) is 0.811. The summed E-state index contributed by atoms with van der Waals surface area (Å²) in [7, 11) is -3.10. The number of hydrogen-bond acceptors (Lipinski definition) is 6. The number of nitrogens with two attached hydrogens (primary N) is 1. The molecule has 0 amide bonds. The molecule has 0 radical (unpaired) electrons. The van der Waals surface area contributed by atoms with E-state index in [-0.39, 0.29) is 23.4 Å². The largest absolute Gasteiger partial charge is 0.398 e. The second-order valence-electron chi connectivity index (χ2n) is 5.09. The number of hydrogen-bond donors (Lipinski definition) is 1. The fourth-order valence-electron chi connectivity index (χ4n) is 2.53. The van der Waals surface area contributed by atoms with Crippen molar-refractivity contribution in [3.63, 3.8) is 0 Å². The van der Waals surface area contributed by atoms with Crippen LogP contribution < -0.4 is 5.73 Å². The third kappa shape index (κ3) is 2.73. The Labute approximate surface area is 120 Å². The fraction of sp³-hybridized carbons (Fsp3) is 0.417. The summed E-state index contributed by atoms with van der Waals surface area (Å²) in [6, 6.07) is 3.57. The zero-order valence-electron chi connectivity index (χ0n) is 11.1. The molecular weight excluding hydrogens is 297 g/mol. The van der Waals surface area contributed by atoms with Crippen LogP contribution in [0, 0.1) is 5.82 Å². The summed E-state index contributed by atoms with van der Waals surface area (Å²) in [6.45, 7) is 0. The van der Waals surface area contributed by atoms with Crippen molar-refractivity contribution < 1.29 is 12.8 Å². The van der Waals surface area contributed by atoms with Gasteiger partial charge >= 0.3 is 0 Å². The third-order valence-corrected chi connectivity index (χ3v) is 5.34. The number of anilines is 1. The lowest BCUT2D eigenvalue weighted by Crippen LogP contribution is -2.28. The molecule has 0 bridgehead atoms. The van der Waals surface area contributed by atoms with Gasteiger partial charge in [0, 0.05) is 11.3 Å². The number of nitrogen functional groups attached to an aromatic ring is 1. The number of benzene rings is 1.